The topological polar surface area (TPSA) is 90.3 Å². The van der Waals surface area contributed by atoms with E-state index in [9.17, 15) is 18.5 Å². The van der Waals surface area contributed by atoms with Gasteiger partial charge in [-0.05, 0) is 62.6 Å². The van der Waals surface area contributed by atoms with Crippen molar-refractivity contribution >= 4 is 15.9 Å². The van der Waals surface area contributed by atoms with Crippen molar-refractivity contribution in [3.63, 3.8) is 0 Å². The van der Waals surface area contributed by atoms with Crippen LogP contribution in [-0.2, 0) is 26.8 Å². The molecule has 2 aromatic rings. The number of benzene rings is 2. The molecule has 6 nitrogen and oxygen atoms in total. The number of amides is 1. The van der Waals surface area contributed by atoms with Gasteiger partial charge in [-0.25, -0.2) is 12.8 Å². The second kappa shape index (κ2) is 10.1. The zero-order valence-corrected chi connectivity index (χ0v) is 21.0. The molecule has 0 aromatic heterocycles. The Morgan fingerprint density at radius 3 is 2.43 bits per heavy atom. The van der Waals surface area contributed by atoms with Crippen molar-refractivity contribution in [2.75, 3.05) is 0 Å². The van der Waals surface area contributed by atoms with E-state index in [0.29, 0.717) is 49.7 Å². The first-order valence-electron chi connectivity index (χ1n) is 12.2. The summed E-state index contributed by atoms with van der Waals surface area (Å²) in [6.45, 7) is 3.30. The molecule has 1 N–H and O–H groups in total. The summed E-state index contributed by atoms with van der Waals surface area (Å²) in [7, 11) is -3.67. The molecule has 35 heavy (non-hydrogen) atoms. The van der Waals surface area contributed by atoms with Gasteiger partial charge in [0.05, 0.1) is 11.5 Å². The number of nitrogens with one attached hydrogen (secondary N) is 1. The number of rotatable bonds is 5. The van der Waals surface area contributed by atoms with Crippen LogP contribution in [0, 0.1) is 17.1 Å². The molecule has 0 bridgehead atoms. The molecule has 2 aliphatic rings. The van der Waals surface area contributed by atoms with Crippen molar-refractivity contribution in [2.24, 2.45) is 0 Å². The van der Waals surface area contributed by atoms with Crippen LogP contribution in [0.4, 0.5) is 4.39 Å². The number of sulfonamides is 1. The van der Waals surface area contributed by atoms with Gasteiger partial charge in [0.15, 0.2) is 0 Å². The molecule has 2 aromatic carbocycles. The second-order valence-corrected chi connectivity index (χ2v) is 12.0. The lowest BCUT2D eigenvalue weighted by molar-refractivity contribution is -0.119. The minimum absolute atomic E-state index is 0.0291. The minimum Gasteiger partial charge on any atom is -0.354 e. The van der Waals surface area contributed by atoms with Crippen LogP contribution >= 0.6 is 0 Å². The van der Waals surface area contributed by atoms with Crippen molar-refractivity contribution in [2.45, 2.75) is 81.7 Å². The molecular formula is C27H32FN3O3S. The molecule has 8 heteroatoms. The molecule has 1 saturated heterocycles. The summed E-state index contributed by atoms with van der Waals surface area (Å²) >= 11 is 0. The first kappa shape index (κ1) is 25.3. The first-order valence-corrected chi connectivity index (χ1v) is 13.7. The van der Waals surface area contributed by atoms with E-state index >= 15 is 4.39 Å². The monoisotopic (exact) mass is 497 g/mol. The van der Waals surface area contributed by atoms with Crippen LogP contribution in [0.2, 0.25) is 0 Å². The van der Waals surface area contributed by atoms with Gasteiger partial charge in [0, 0.05) is 31.1 Å². The van der Waals surface area contributed by atoms with E-state index in [4.69, 9.17) is 0 Å². The van der Waals surface area contributed by atoms with E-state index in [1.807, 2.05) is 37.3 Å². The van der Waals surface area contributed by atoms with Gasteiger partial charge in [0.2, 0.25) is 15.9 Å². The Morgan fingerprint density at radius 2 is 1.83 bits per heavy atom. The van der Waals surface area contributed by atoms with Crippen molar-refractivity contribution < 1.29 is 17.6 Å². The lowest BCUT2D eigenvalue weighted by Gasteiger charge is -2.38. The Morgan fingerprint density at radius 1 is 1.14 bits per heavy atom. The van der Waals surface area contributed by atoms with E-state index in [2.05, 4.69) is 11.4 Å². The number of hydrogen-bond donors (Lipinski definition) is 1. The van der Waals surface area contributed by atoms with Crippen LogP contribution in [0.3, 0.4) is 0 Å². The highest BCUT2D eigenvalue weighted by Gasteiger charge is 2.41. The van der Waals surface area contributed by atoms with E-state index in [-0.39, 0.29) is 24.5 Å². The van der Waals surface area contributed by atoms with Crippen LogP contribution in [0.25, 0.3) is 0 Å². The fourth-order valence-corrected chi connectivity index (χ4v) is 7.69. The average molecular weight is 498 g/mol. The highest BCUT2D eigenvalue weighted by Crippen LogP contribution is 2.41. The Bertz CT molecular complexity index is 1220. The fraction of sp³-hybridized carbons (Fsp3) is 0.481. The largest absolute Gasteiger partial charge is 0.354 e. The van der Waals surface area contributed by atoms with E-state index in [0.717, 1.165) is 5.56 Å². The normalized spacial score (nSPS) is 28.7. The number of carbonyl (C=O) groups is 1. The van der Waals surface area contributed by atoms with Gasteiger partial charge in [-0.2, -0.15) is 9.57 Å². The molecule has 2 atom stereocenters. The van der Waals surface area contributed by atoms with Crippen LogP contribution in [0.5, 0.6) is 0 Å². The SMILES string of the molecule is CC(=O)N[C@H]1CC[C@](C#N)(c2ccc(CN3[C@@H](C)CC[C@H](c4ccccc4)S3(=O)=O)c(F)c2)CC1. The van der Waals surface area contributed by atoms with Gasteiger partial charge in [0.1, 0.15) is 11.1 Å². The third kappa shape index (κ3) is 5.12. The van der Waals surface area contributed by atoms with Crippen LogP contribution in [-0.4, -0.2) is 30.7 Å². The summed E-state index contributed by atoms with van der Waals surface area (Å²) < 4.78 is 43.7. The molecule has 1 heterocycles. The zero-order chi connectivity index (χ0) is 25.2. The lowest BCUT2D eigenvalue weighted by Crippen LogP contribution is -2.44. The number of nitriles is 1. The molecule has 0 spiro atoms. The summed E-state index contributed by atoms with van der Waals surface area (Å²) in [5.41, 5.74) is 0.861. The van der Waals surface area contributed by atoms with E-state index in [1.165, 1.54) is 17.3 Å². The summed E-state index contributed by atoms with van der Waals surface area (Å²) in [5, 5.41) is 12.2. The first-order chi connectivity index (χ1) is 16.7. The van der Waals surface area contributed by atoms with Gasteiger partial charge in [-0.1, -0.05) is 42.5 Å². The summed E-state index contributed by atoms with van der Waals surface area (Å²) in [4.78, 5) is 11.4. The average Bonchev–Trinajstić information content (AvgIpc) is 2.83. The Balaban J connectivity index is 1.55. The predicted molar refractivity (Wildman–Crippen MR) is 132 cm³/mol. The smallest absolute Gasteiger partial charge is 0.221 e. The maximum Gasteiger partial charge on any atom is 0.221 e. The van der Waals surface area contributed by atoms with Crippen LogP contribution in [0.1, 0.15) is 74.3 Å². The molecule has 0 unspecified atom stereocenters. The van der Waals surface area contributed by atoms with Gasteiger partial charge in [0.25, 0.3) is 0 Å². The number of carbonyl (C=O) groups excluding carboxylic acids is 1. The molecule has 2 fully saturated rings. The van der Waals surface area contributed by atoms with Crippen LogP contribution < -0.4 is 5.32 Å². The Kier molecular flexibility index (Phi) is 7.30. The van der Waals surface area contributed by atoms with Gasteiger partial charge >= 0.3 is 0 Å². The number of nitrogens with zero attached hydrogens (tertiary/aromatic N) is 2. The minimum atomic E-state index is -3.67. The third-order valence-electron chi connectivity index (χ3n) is 7.59. The maximum atomic E-state index is 15.3. The Hall–Kier alpha value is -2.76. The molecule has 1 aliphatic carbocycles. The molecule has 1 amide bonds. The molecular weight excluding hydrogens is 465 g/mol. The standard InChI is InChI=1S/C27H32FN3O3S/c1-19-8-11-26(21-6-4-3-5-7-21)35(33,34)31(19)17-22-9-10-23(16-25(22)28)27(18-29)14-12-24(13-15-27)30-20(2)32/h3-7,9-10,16,19,24,26H,8,11-15,17H2,1-2H3,(H,30,32)/t19-,24-,26+,27-/m0/s1. The molecule has 1 saturated carbocycles. The zero-order valence-electron chi connectivity index (χ0n) is 20.2. The van der Waals surface area contributed by atoms with Gasteiger partial charge in [-0.15, -0.1) is 0 Å². The van der Waals surface area contributed by atoms with Crippen molar-refractivity contribution in [1.29, 1.82) is 5.26 Å². The van der Waals surface area contributed by atoms with E-state index in [1.54, 1.807) is 12.1 Å². The van der Waals surface area contributed by atoms with Gasteiger partial charge < -0.3 is 5.32 Å². The fourth-order valence-electron chi connectivity index (χ4n) is 5.50. The quantitative estimate of drug-likeness (QED) is 0.647. The third-order valence-corrected chi connectivity index (χ3v) is 9.96. The van der Waals surface area contributed by atoms with Gasteiger partial charge in [-0.3, -0.25) is 4.79 Å². The van der Waals surface area contributed by atoms with Crippen molar-refractivity contribution in [3.8, 4) is 6.07 Å². The summed E-state index contributed by atoms with van der Waals surface area (Å²) in [6.07, 6.45) is 3.61. The maximum absolute atomic E-state index is 15.3. The lowest BCUT2D eigenvalue weighted by atomic mass is 9.69. The number of halogens is 1. The predicted octanol–water partition coefficient (Wildman–Crippen LogP) is 4.72. The highest BCUT2D eigenvalue weighted by atomic mass is 32.2. The Labute approximate surface area is 207 Å². The highest BCUT2D eigenvalue weighted by molar-refractivity contribution is 7.89. The molecule has 4 rings (SSSR count). The second-order valence-electron chi connectivity index (χ2n) is 9.89. The van der Waals surface area contributed by atoms with Crippen molar-refractivity contribution in [1.82, 2.24) is 9.62 Å². The molecule has 186 valence electrons. The number of hydrogen-bond acceptors (Lipinski definition) is 4. The summed E-state index contributed by atoms with van der Waals surface area (Å²) in [6, 6.07) is 16.2. The summed E-state index contributed by atoms with van der Waals surface area (Å²) in [5.74, 6) is -0.586. The van der Waals surface area contributed by atoms with Crippen molar-refractivity contribution in [3.05, 3.63) is 71.0 Å². The van der Waals surface area contributed by atoms with Crippen LogP contribution in [0.15, 0.2) is 48.5 Å². The van der Waals surface area contributed by atoms with E-state index < -0.39 is 26.5 Å². The molecule has 1 aliphatic heterocycles. The molecule has 0 radical (unpaired) electrons.